The van der Waals surface area contributed by atoms with Crippen molar-refractivity contribution in [3.63, 3.8) is 0 Å². The zero-order valence-corrected chi connectivity index (χ0v) is 29.8. The fourth-order valence-electron chi connectivity index (χ4n) is 7.37. The van der Waals surface area contributed by atoms with Gasteiger partial charge in [-0.2, -0.15) is 0 Å². The van der Waals surface area contributed by atoms with Gasteiger partial charge in [-0.1, -0.05) is 103 Å². The van der Waals surface area contributed by atoms with Gasteiger partial charge in [0.15, 0.2) is 0 Å². The molecule has 4 heteroatoms. The molecule has 2 nitrogen and oxygen atoms in total. The van der Waals surface area contributed by atoms with E-state index in [0.29, 0.717) is 0 Å². The topological polar surface area (TPSA) is 6.48 Å². The normalized spacial score (nSPS) is 11.5. The van der Waals surface area contributed by atoms with Crippen molar-refractivity contribution in [1.29, 1.82) is 0 Å². The van der Waals surface area contributed by atoms with Crippen molar-refractivity contribution in [2.45, 2.75) is 0 Å². The van der Waals surface area contributed by atoms with Crippen molar-refractivity contribution in [3.05, 3.63) is 194 Å². The lowest BCUT2D eigenvalue weighted by Gasteiger charge is -2.26. The van der Waals surface area contributed by atoms with Gasteiger partial charge in [0.25, 0.3) is 0 Å². The molecule has 8 aromatic carbocycles. The first kappa shape index (κ1) is 30.6. The SMILES string of the molecule is c1ccc(-c2ccc(N(c3ccccc3)c3ccc4sc5cc(N(c6ccccc6)c6ccc7sc8ccccc8c7c6)ccc5c4c3)cc2)cc1. The van der Waals surface area contributed by atoms with Crippen LogP contribution in [0.5, 0.6) is 0 Å². The maximum atomic E-state index is 2.39. The maximum absolute atomic E-state index is 2.39. The average molecular weight is 701 g/mol. The van der Waals surface area contributed by atoms with Gasteiger partial charge in [-0.15, -0.1) is 22.7 Å². The highest BCUT2D eigenvalue weighted by Crippen LogP contribution is 2.45. The summed E-state index contributed by atoms with van der Waals surface area (Å²) >= 11 is 3.71. The smallest absolute Gasteiger partial charge is 0.0476 e. The Morgan fingerprint density at radius 3 is 1.29 bits per heavy atom. The fraction of sp³-hybridized carbons (Fsp3) is 0. The molecule has 0 amide bonds. The summed E-state index contributed by atoms with van der Waals surface area (Å²) in [5, 5.41) is 5.14. The Kier molecular flexibility index (Phi) is 7.56. The molecule has 52 heavy (non-hydrogen) atoms. The van der Waals surface area contributed by atoms with Crippen LogP contribution in [0.25, 0.3) is 51.5 Å². The number of hydrogen-bond acceptors (Lipinski definition) is 4. The molecule has 10 rings (SSSR count). The summed E-state index contributed by atoms with van der Waals surface area (Å²) in [4.78, 5) is 4.74. The molecule has 246 valence electrons. The van der Waals surface area contributed by atoms with E-state index in [0.717, 1.165) is 34.1 Å². The summed E-state index contributed by atoms with van der Waals surface area (Å²) in [6.07, 6.45) is 0. The summed E-state index contributed by atoms with van der Waals surface area (Å²) in [5.74, 6) is 0. The maximum Gasteiger partial charge on any atom is 0.0476 e. The van der Waals surface area contributed by atoms with Gasteiger partial charge in [-0.25, -0.2) is 0 Å². The van der Waals surface area contributed by atoms with Crippen molar-refractivity contribution in [2.24, 2.45) is 0 Å². The first-order valence-corrected chi connectivity index (χ1v) is 19.1. The van der Waals surface area contributed by atoms with E-state index in [4.69, 9.17) is 0 Å². The number of anilines is 6. The van der Waals surface area contributed by atoms with E-state index in [2.05, 4.69) is 204 Å². The third-order valence-corrected chi connectivity index (χ3v) is 12.1. The number of thiophene rings is 2. The number of hydrogen-bond donors (Lipinski definition) is 0. The number of benzene rings is 8. The summed E-state index contributed by atoms with van der Waals surface area (Å²) in [6, 6.07) is 70.3. The molecule has 0 spiro atoms. The van der Waals surface area contributed by atoms with Gasteiger partial charge in [0.1, 0.15) is 0 Å². The van der Waals surface area contributed by atoms with E-state index in [1.165, 1.54) is 51.5 Å². The highest BCUT2D eigenvalue weighted by atomic mass is 32.1. The molecular formula is C48H32N2S2. The van der Waals surface area contributed by atoms with Crippen molar-refractivity contribution >= 4 is 97.1 Å². The zero-order chi connectivity index (χ0) is 34.4. The molecule has 0 aliphatic carbocycles. The van der Waals surface area contributed by atoms with Crippen LogP contribution in [0.1, 0.15) is 0 Å². The monoisotopic (exact) mass is 700 g/mol. The van der Waals surface area contributed by atoms with Crippen molar-refractivity contribution in [2.75, 3.05) is 9.80 Å². The summed E-state index contributed by atoms with van der Waals surface area (Å²) in [5.41, 5.74) is 9.26. The summed E-state index contributed by atoms with van der Waals surface area (Å²) in [6.45, 7) is 0. The molecule has 0 aliphatic rings. The Labute approximate surface area is 310 Å². The van der Waals surface area contributed by atoms with Gasteiger partial charge in [0.2, 0.25) is 0 Å². The highest BCUT2D eigenvalue weighted by Gasteiger charge is 2.18. The second-order valence-corrected chi connectivity index (χ2v) is 15.2. The fourth-order valence-corrected chi connectivity index (χ4v) is 9.57. The third-order valence-electron chi connectivity index (χ3n) is 9.83. The van der Waals surface area contributed by atoms with Crippen LogP contribution in [-0.4, -0.2) is 0 Å². The second kappa shape index (κ2) is 12.8. The predicted molar refractivity (Wildman–Crippen MR) is 227 cm³/mol. The Hall–Kier alpha value is -6.20. The van der Waals surface area contributed by atoms with Crippen LogP contribution in [0.4, 0.5) is 34.1 Å². The molecule has 0 atom stereocenters. The highest BCUT2D eigenvalue weighted by molar-refractivity contribution is 7.26. The van der Waals surface area contributed by atoms with Gasteiger partial charge >= 0.3 is 0 Å². The lowest BCUT2D eigenvalue weighted by Crippen LogP contribution is -2.09. The summed E-state index contributed by atoms with van der Waals surface area (Å²) in [7, 11) is 0. The van der Waals surface area contributed by atoms with Crippen LogP contribution in [-0.2, 0) is 0 Å². The molecule has 0 saturated heterocycles. The standard InChI is InChI=1S/C48H32N2S2/c1-4-12-33(13-5-1)34-20-22-37(23-21-34)49(35-14-6-2-7-15-35)38-25-29-47-44(30-38)42-27-24-40(32-48(42)52-47)50(36-16-8-3-9-17-36)39-26-28-46-43(31-39)41-18-10-11-19-45(41)51-46/h1-32H. The lowest BCUT2D eigenvalue weighted by molar-refractivity contribution is 1.29. The molecule has 10 aromatic rings. The van der Waals surface area contributed by atoms with Crippen LogP contribution >= 0.6 is 22.7 Å². The second-order valence-electron chi connectivity index (χ2n) is 13.0. The Bertz CT molecular complexity index is 2840. The van der Waals surface area contributed by atoms with Crippen molar-refractivity contribution in [3.8, 4) is 11.1 Å². The number of para-hydroxylation sites is 2. The Balaban J connectivity index is 1.07. The van der Waals surface area contributed by atoms with Crippen LogP contribution in [0, 0.1) is 0 Å². The van der Waals surface area contributed by atoms with E-state index in [1.54, 1.807) is 0 Å². The summed E-state index contributed by atoms with van der Waals surface area (Å²) < 4.78 is 5.18. The van der Waals surface area contributed by atoms with Gasteiger partial charge in [0.05, 0.1) is 0 Å². The van der Waals surface area contributed by atoms with Gasteiger partial charge in [-0.05, 0) is 102 Å². The average Bonchev–Trinajstić information content (AvgIpc) is 3.77. The molecule has 0 saturated carbocycles. The van der Waals surface area contributed by atoms with E-state index in [9.17, 15) is 0 Å². The Morgan fingerprint density at radius 2 is 0.654 bits per heavy atom. The van der Waals surface area contributed by atoms with Crippen LogP contribution in [0.15, 0.2) is 194 Å². The molecule has 0 radical (unpaired) electrons. The van der Waals surface area contributed by atoms with E-state index in [-0.39, 0.29) is 0 Å². The molecule has 0 aliphatic heterocycles. The minimum atomic E-state index is 1.13. The number of rotatable bonds is 7. The first-order valence-electron chi connectivity index (χ1n) is 17.5. The van der Waals surface area contributed by atoms with Crippen LogP contribution < -0.4 is 9.80 Å². The molecule has 2 heterocycles. The molecule has 2 aromatic heterocycles. The molecule has 0 bridgehead atoms. The molecular weight excluding hydrogens is 669 g/mol. The first-order chi connectivity index (χ1) is 25.8. The largest absolute Gasteiger partial charge is 0.310 e. The molecule has 0 N–H and O–H groups in total. The van der Waals surface area contributed by atoms with Crippen LogP contribution in [0.2, 0.25) is 0 Å². The van der Waals surface area contributed by atoms with E-state index < -0.39 is 0 Å². The van der Waals surface area contributed by atoms with Crippen LogP contribution in [0.3, 0.4) is 0 Å². The Morgan fingerprint density at radius 1 is 0.250 bits per heavy atom. The molecule has 0 fully saturated rings. The third kappa shape index (κ3) is 5.41. The van der Waals surface area contributed by atoms with Gasteiger partial charge < -0.3 is 9.80 Å². The van der Waals surface area contributed by atoms with E-state index >= 15 is 0 Å². The minimum absolute atomic E-state index is 1.13. The van der Waals surface area contributed by atoms with Crippen molar-refractivity contribution < 1.29 is 0 Å². The van der Waals surface area contributed by atoms with Gasteiger partial charge in [0, 0.05) is 74.5 Å². The van der Waals surface area contributed by atoms with E-state index in [1.807, 2.05) is 22.7 Å². The molecule has 0 unspecified atom stereocenters. The quantitative estimate of drug-likeness (QED) is 0.163. The number of nitrogens with zero attached hydrogens (tertiary/aromatic N) is 2. The van der Waals surface area contributed by atoms with Gasteiger partial charge in [-0.3, -0.25) is 0 Å². The van der Waals surface area contributed by atoms with Crippen molar-refractivity contribution in [1.82, 2.24) is 0 Å². The number of fused-ring (bicyclic) bond motifs is 6. The lowest BCUT2D eigenvalue weighted by atomic mass is 10.0. The minimum Gasteiger partial charge on any atom is -0.310 e. The predicted octanol–water partition coefficient (Wildman–Crippen LogP) is 15.0. The zero-order valence-electron chi connectivity index (χ0n) is 28.2.